The summed E-state index contributed by atoms with van der Waals surface area (Å²) in [6, 6.07) is 10.6. The molecule has 0 amide bonds. The molecule has 0 fully saturated rings. The molecule has 0 aliphatic rings. The molecule has 2 rings (SSSR count). The number of hydrogen-bond acceptors (Lipinski definition) is 3. The van der Waals surface area contributed by atoms with Crippen LogP contribution in [0.1, 0.15) is 18.9 Å². The quantitative estimate of drug-likeness (QED) is 0.761. The Hall–Kier alpha value is -1.29. The van der Waals surface area contributed by atoms with Gasteiger partial charge in [-0.2, -0.15) is 0 Å². The first-order valence-electron chi connectivity index (χ1n) is 5.80. The average Bonchev–Trinajstić information content (AvgIpc) is 2.74. The fraction of sp³-hybridized carbons (Fsp3) is 0.385. The van der Waals surface area contributed by atoms with Gasteiger partial charge >= 0.3 is 0 Å². The SMILES string of the molecule is CC(CCc1ccccc1)Sc1nncn1C. The Morgan fingerprint density at radius 2 is 2.06 bits per heavy atom. The van der Waals surface area contributed by atoms with E-state index >= 15 is 0 Å². The smallest absolute Gasteiger partial charge is 0.190 e. The lowest BCUT2D eigenvalue weighted by atomic mass is 10.1. The second-order valence-corrected chi connectivity index (χ2v) is 5.58. The van der Waals surface area contributed by atoms with Gasteiger partial charge in [0.25, 0.3) is 0 Å². The Labute approximate surface area is 106 Å². The summed E-state index contributed by atoms with van der Waals surface area (Å²) < 4.78 is 1.96. The molecule has 2 aromatic rings. The number of rotatable bonds is 5. The van der Waals surface area contributed by atoms with Crippen molar-refractivity contribution in [1.29, 1.82) is 0 Å². The van der Waals surface area contributed by atoms with E-state index in [0.717, 1.165) is 18.0 Å². The molecule has 90 valence electrons. The van der Waals surface area contributed by atoms with E-state index in [-0.39, 0.29) is 0 Å². The summed E-state index contributed by atoms with van der Waals surface area (Å²) in [6.07, 6.45) is 4.01. The second kappa shape index (κ2) is 5.87. The standard InChI is InChI=1S/C13H17N3S/c1-11(17-13-15-14-10-16(13)2)8-9-12-6-4-3-5-7-12/h3-7,10-11H,8-9H2,1-2H3. The Balaban J connectivity index is 1.82. The molecule has 0 aliphatic heterocycles. The zero-order valence-electron chi connectivity index (χ0n) is 10.2. The summed E-state index contributed by atoms with van der Waals surface area (Å²) in [5, 5.41) is 9.52. The predicted molar refractivity (Wildman–Crippen MR) is 71.1 cm³/mol. The van der Waals surface area contributed by atoms with Crippen LogP contribution in [0.5, 0.6) is 0 Å². The van der Waals surface area contributed by atoms with Crippen molar-refractivity contribution in [3.63, 3.8) is 0 Å². The first-order chi connectivity index (χ1) is 8.25. The summed E-state index contributed by atoms with van der Waals surface area (Å²) in [4.78, 5) is 0. The fourth-order valence-corrected chi connectivity index (χ4v) is 2.54. The van der Waals surface area contributed by atoms with Crippen molar-refractivity contribution < 1.29 is 0 Å². The highest BCUT2D eigenvalue weighted by Gasteiger charge is 2.08. The molecule has 1 aromatic heterocycles. The van der Waals surface area contributed by atoms with E-state index in [0.29, 0.717) is 5.25 Å². The predicted octanol–water partition coefficient (Wildman–Crippen LogP) is 2.93. The molecule has 1 heterocycles. The van der Waals surface area contributed by atoms with Crippen LogP contribution < -0.4 is 0 Å². The van der Waals surface area contributed by atoms with Gasteiger partial charge in [0.15, 0.2) is 5.16 Å². The number of aryl methyl sites for hydroxylation is 2. The average molecular weight is 247 g/mol. The maximum Gasteiger partial charge on any atom is 0.190 e. The molecule has 0 aliphatic carbocycles. The van der Waals surface area contributed by atoms with Gasteiger partial charge in [-0.3, -0.25) is 0 Å². The maximum absolute atomic E-state index is 4.09. The molecule has 0 saturated heterocycles. The van der Waals surface area contributed by atoms with Gasteiger partial charge in [0, 0.05) is 12.3 Å². The van der Waals surface area contributed by atoms with Gasteiger partial charge in [-0.1, -0.05) is 49.0 Å². The van der Waals surface area contributed by atoms with Gasteiger partial charge in [0.05, 0.1) is 0 Å². The van der Waals surface area contributed by atoms with Crippen molar-refractivity contribution in [2.24, 2.45) is 7.05 Å². The maximum atomic E-state index is 4.09. The van der Waals surface area contributed by atoms with E-state index in [1.54, 1.807) is 18.1 Å². The molecule has 0 spiro atoms. The van der Waals surface area contributed by atoms with Crippen LogP contribution in [0, 0.1) is 0 Å². The Kier molecular flexibility index (Phi) is 4.20. The third-order valence-electron chi connectivity index (χ3n) is 2.66. The Bertz CT molecular complexity index is 453. The lowest BCUT2D eigenvalue weighted by Gasteiger charge is -2.09. The van der Waals surface area contributed by atoms with Crippen LogP contribution in [-0.2, 0) is 13.5 Å². The molecule has 4 heteroatoms. The highest BCUT2D eigenvalue weighted by molar-refractivity contribution is 7.99. The van der Waals surface area contributed by atoms with E-state index in [2.05, 4.69) is 47.5 Å². The molecule has 1 atom stereocenters. The largest absolute Gasteiger partial charge is 0.312 e. The number of thioether (sulfide) groups is 1. The minimum Gasteiger partial charge on any atom is -0.312 e. The molecule has 0 radical (unpaired) electrons. The normalized spacial score (nSPS) is 12.6. The minimum absolute atomic E-state index is 0.554. The van der Waals surface area contributed by atoms with E-state index in [1.165, 1.54) is 5.56 Å². The van der Waals surface area contributed by atoms with Crippen LogP contribution in [-0.4, -0.2) is 20.0 Å². The fourth-order valence-electron chi connectivity index (χ4n) is 1.63. The zero-order chi connectivity index (χ0) is 12.1. The first kappa shape index (κ1) is 12.2. The van der Waals surface area contributed by atoms with E-state index < -0.39 is 0 Å². The molecule has 3 nitrogen and oxygen atoms in total. The van der Waals surface area contributed by atoms with E-state index in [1.807, 2.05) is 11.6 Å². The molecule has 1 unspecified atom stereocenters. The Morgan fingerprint density at radius 3 is 2.71 bits per heavy atom. The van der Waals surface area contributed by atoms with Crippen molar-refractivity contribution in [2.75, 3.05) is 0 Å². The van der Waals surface area contributed by atoms with Crippen molar-refractivity contribution in [1.82, 2.24) is 14.8 Å². The van der Waals surface area contributed by atoms with Gasteiger partial charge in [-0.05, 0) is 18.4 Å². The van der Waals surface area contributed by atoms with Gasteiger partial charge in [0.1, 0.15) is 6.33 Å². The summed E-state index contributed by atoms with van der Waals surface area (Å²) in [5.41, 5.74) is 1.40. The molecule has 0 bridgehead atoms. The molecule has 1 aromatic carbocycles. The van der Waals surface area contributed by atoms with Gasteiger partial charge < -0.3 is 4.57 Å². The number of aromatic nitrogens is 3. The van der Waals surface area contributed by atoms with Crippen LogP contribution in [0.15, 0.2) is 41.8 Å². The van der Waals surface area contributed by atoms with Gasteiger partial charge in [-0.25, -0.2) is 0 Å². The number of nitrogens with zero attached hydrogens (tertiary/aromatic N) is 3. The van der Waals surface area contributed by atoms with Crippen LogP contribution in [0.3, 0.4) is 0 Å². The van der Waals surface area contributed by atoms with Crippen LogP contribution in [0.2, 0.25) is 0 Å². The molecule has 0 N–H and O–H groups in total. The van der Waals surface area contributed by atoms with Gasteiger partial charge in [0.2, 0.25) is 0 Å². The summed E-state index contributed by atoms with van der Waals surface area (Å²) in [6.45, 7) is 2.24. The number of benzene rings is 1. The number of hydrogen-bond donors (Lipinski definition) is 0. The Morgan fingerprint density at radius 1 is 1.29 bits per heavy atom. The monoisotopic (exact) mass is 247 g/mol. The van der Waals surface area contributed by atoms with Crippen LogP contribution >= 0.6 is 11.8 Å². The third-order valence-corrected chi connectivity index (χ3v) is 3.88. The van der Waals surface area contributed by atoms with Crippen LogP contribution in [0.4, 0.5) is 0 Å². The summed E-state index contributed by atoms with van der Waals surface area (Å²) >= 11 is 1.79. The zero-order valence-corrected chi connectivity index (χ0v) is 11.0. The lowest BCUT2D eigenvalue weighted by Crippen LogP contribution is -2.01. The second-order valence-electron chi connectivity index (χ2n) is 4.18. The summed E-state index contributed by atoms with van der Waals surface area (Å²) in [7, 11) is 1.98. The lowest BCUT2D eigenvalue weighted by molar-refractivity contribution is 0.766. The van der Waals surface area contributed by atoms with Crippen molar-refractivity contribution in [3.8, 4) is 0 Å². The van der Waals surface area contributed by atoms with Crippen molar-refractivity contribution in [2.45, 2.75) is 30.2 Å². The van der Waals surface area contributed by atoms with Crippen LogP contribution in [0.25, 0.3) is 0 Å². The van der Waals surface area contributed by atoms with E-state index in [9.17, 15) is 0 Å². The third kappa shape index (κ3) is 3.60. The van der Waals surface area contributed by atoms with Gasteiger partial charge in [-0.15, -0.1) is 10.2 Å². The molecule has 0 saturated carbocycles. The molecular weight excluding hydrogens is 230 g/mol. The summed E-state index contributed by atoms with van der Waals surface area (Å²) in [5.74, 6) is 0. The van der Waals surface area contributed by atoms with Crippen molar-refractivity contribution in [3.05, 3.63) is 42.2 Å². The van der Waals surface area contributed by atoms with Crippen molar-refractivity contribution >= 4 is 11.8 Å². The minimum atomic E-state index is 0.554. The highest BCUT2D eigenvalue weighted by atomic mass is 32.2. The van der Waals surface area contributed by atoms with E-state index in [4.69, 9.17) is 0 Å². The molecule has 17 heavy (non-hydrogen) atoms. The highest BCUT2D eigenvalue weighted by Crippen LogP contribution is 2.23. The molecular formula is C13H17N3S. The first-order valence-corrected chi connectivity index (χ1v) is 6.68. The topological polar surface area (TPSA) is 30.7 Å².